The van der Waals surface area contributed by atoms with Gasteiger partial charge in [-0.1, -0.05) is 6.92 Å². The minimum Gasteiger partial charge on any atom is -0.480 e. The molecule has 1 rings (SSSR count). The van der Waals surface area contributed by atoms with Crippen LogP contribution in [-0.2, 0) is 4.79 Å². The lowest BCUT2D eigenvalue weighted by Crippen LogP contribution is -2.53. The molecule has 7 heteroatoms. The first-order valence-electron chi connectivity index (χ1n) is 6.48. The number of aliphatic carboxylic acids is 1. The van der Waals surface area contributed by atoms with Gasteiger partial charge in [0.2, 0.25) is 0 Å². The molecule has 0 aromatic carbocycles. The van der Waals surface area contributed by atoms with Gasteiger partial charge in [0, 0.05) is 32.7 Å². The first-order chi connectivity index (χ1) is 9.02. The molecule has 6 nitrogen and oxygen atoms in total. The largest absolute Gasteiger partial charge is 0.480 e. The molecule has 19 heavy (non-hydrogen) atoms. The Morgan fingerprint density at radius 1 is 1.32 bits per heavy atom. The van der Waals surface area contributed by atoms with E-state index < -0.39 is 5.97 Å². The quantitative estimate of drug-likeness (QED) is 0.740. The maximum atomic E-state index is 11.9. The molecule has 0 aromatic heterocycles. The molecule has 1 unspecified atom stereocenters. The van der Waals surface area contributed by atoms with Crippen LogP contribution in [0.25, 0.3) is 0 Å². The van der Waals surface area contributed by atoms with Crippen LogP contribution < -0.4 is 5.32 Å². The second-order valence-corrected chi connectivity index (χ2v) is 5.81. The number of rotatable bonds is 6. The predicted octanol–water partition coefficient (Wildman–Crippen LogP) is 0.397. The summed E-state index contributed by atoms with van der Waals surface area (Å²) >= 11 is 1.78. The number of thioether (sulfide) groups is 1. The van der Waals surface area contributed by atoms with Gasteiger partial charge < -0.3 is 15.3 Å². The average molecular weight is 289 g/mol. The summed E-state index contributed by atoms with van der Waals surface area (Å²) in [7, 11) is 0. The molecule has 2 N–H and O–H groups in total. The highest BCUT2D eigenvalue weighted by Gasteiger charge is 2.22. The highest BCUT2D eigenvalue weighted by Crippen LogP contribution is 2.04. The molecule has 110 valence electrons. The van der Waals surface area contributed by atoms with E-state index in [2.05, 4.69) is 18.5 Å². The first kappa shape index (κ1) is 16.1. The summed E-state index contributed by atoms with van der Waals surface area (Å²) in [6.45, 7) is 5.29. The van der Waals surface area contributed by atoms with Crippen LogP contribution in [0.5, 0.6) is 0 Å². The van der Waals surface area contributed by atoms with Gasteiger partial charge in [-0.3, -0.25) is 9.69 Å². The van der Waals surface area contributed by atoms with Crippen LogP contribution in [0.4, 0.5) is 4.79 Å². The summed E-state index contributed by atoms with van der Waals surface area (Å²) in [6, 6.07) is -0.0390. The summed E-state index contributed by atoms with van der Waals surface area (Å²) in [5.74, 6) is 0.684. The average Bonchev–Trinajstić information content (AvgIpc) is 2.36. The van der Waals surface area contributed by atoms with E-state index in [1.807, 2.05) is 4.90 Å². The fourth-order valence-electron chi connectivity index (χ4n) is 2.02. The Hall–Kier alpha value is -0.950. The van der Waals surface area contributed by atoms with Crippen molar-refractivity contribution < 1.29 is 14.7 Å². The molecule has 1 fully saturated rings. The summed E-state index contributed by atoms with van der Waals surface area (Å²) in [6.07, 6.45) is 2.06. The molecule has 0 aliphatic carbocycles. The van der Waals surface area contributed by atoms with Crippen molar-refractivity contribution in [3.05, 3.63) is 0 Å². The Bertz CT molecular complexity index is 307. The number of carboxylic acids is 1. The monoisotopic (exact) mass is 289 g/mol. The fourth-order valence-corrected chi connectivity index (χ4v) is 2.70. The number of carbonyl (C=O) groups is 2. The SMILES string of the molecule is CSCC(C)CNC(=O)N1CCN(CC(=O)O)CC1. The number of urea groups is 1. The van der Waals surface area contributed by atoms with Gasteiger partial charge >= 0.3 is 12.0 Å². The number of carbonyl (C=O) groups excluding carboxylic acids is 1. The highest BCUT2D eigenvalue weighted by atomic mass is 32.2. The minimum atomic E-state index is -0.816. The Balaban J connectivity index is 2.23. The maximum Gasteiger partial charge on any atom is 0.317 e. The van der Waals surface area contributed by atoms with Crippen molar-refractivity contribution in [1.82, 2.24) is 15.1 Å². The normalized spacial score (nSPS) is 18.1. The smallest absolute Gasteiger partial charge is 0.317 e. The summed E-state index contributed by atoms with van der Waals surface area (Å²) in [4.78, 5) is 26.1. The lowest BCUT2D eigenvalue weighted by atomic mass is 10.2. The number of amides is 2. The summed E-state index contributed by atoms with van der Waals surface area (Å²) in [5, 5.41) is 11.6. The molecule has 0 saturated carbocycles. The minimum absolute atomic E-state index is 0.0390. The zero-order valence-electron chi connectivity index (χ0n) is 11.6. The van der Waals surface area contributed by atoms with Crippen LogP contribution in [0.3, 0.4) is 0 Å². The van der Waals surface area contributed by atoms with Crippen molar-refractivity contribution in [3.63, 3.8) is 0 Å². The lowest BCUT2D eigenvalue weighted by Gasteiger charge is -2.34. The molecule has 1 heterocycles. The van der Waals surface area contributed by atoms with E-state index in [1.54, 1.807) is 16.7 Å². The third kappa shape index (κ3) is 6.15. The predicted molar refractivity (Wildman–Crippen MR) is 76.6 cm³/mol. The van der Waals surface area contributed by atoms with Gasteiger partial charge in [-0.05, 0) is 17.9 Å². The van der Waals surface area contributed by atoms with Crippen molar-refractivity contribution in [2.45, 2.75) is 6.92 Å². The highest BCUT2D eigenvalue weighted by molar-refractivity contribution is 7.98. The molecule has 0 radical (unpaired) electrons. The van der Waals surface area contributed by atoms with E-state index in [0.717, 1.165) is 5.75 Å². The van der Waals surface area contributed by atoms with E-state index in [0.29, 0.717) is 38.6 Å². The van der Waals surface area contributed by atoms with E-state index in [1.165, 1.54) is 0 Å². The molecule has 0 bridgehead atoms. The van der Waals surface area contributed by atoms with Gasteiger partial charge in [0.15, 0.2) is 0 Å². The second kappa shape index (κ2) is 8.27. The molecule has 1 aliphatic rings. The number of hydrogen-bond donors (Lipinski definition) is 2. The lowest BCUT2D eigenvalue weighted by molar-refractivity contribution is -0.138. The van der Waals surface area contributed by atoms with Crippen LogP contribution in [0, 0.1) is 5.92 Å². The number of hydrogen-bond acceptors (Lipinski definition) is 4. The fraction of sp³-hybridized carbons (Fsp3) is 0.833. The van der Waals surface area contributed by atoms with Crippen molar-refractivity contribution in [2.75, 3.05) is 51.3 Å². The molecule has 1 aliphatic heterocycles. The van der Waals surface area contributed by atoms with Gasteiger partial charge in [0.1, 0.15) is 0 Å². The maximum absolute atomic E-state index is 11.9. The van der Waals surface area contributed by atoms with E-state index in [-0.39, 0.29) is 12.6 Å². The van der Waals surface area contributed by atoms with Crippen LogP contribution in [0.1, 0.15) is 6.92 Å². The standard InChI is InChI=1S/C12H23N3O3S/c1-10(9-19-2)7-13-12(18)15-5-3-14(4-6-15)8-11(16)17/h10H,3-9H2,1-2H3,(H,13,18)(H,16,17). The Morgan fingerprint density at radius 3 is 2.47 bits per heavy atom. The summed E-state index contributed by atoms with van der Waals surface area (Å²) in [5.41, 5.74) is 0. The topological polar surface area (TPSA) is 72.9 Å². The van der Waals surface area contributed by atoms with Crippen molar-refractivity contribution >= 4 is 23.8 Å². The summed E-state index contributed by atoms with van der Waals surface area (Å²) < 4.78 is 0. The van der Waals surface area contributed by atoms with Crippen LogP contribution in [0.15, 0.2) is 0 Å². The van der Waals surface area contributed by atoms with Crippen LogP contribution in [-0.4, -0.2) is 78.2 Å². The van der Waals surface area contributed by atoms with Gasteiger partial charge in [-0.15, -0.1) is 0 Å². The third-order valence-corrected chi connectivity index (χ3v) is 3.97. The second-order valence-electron chi connectivity index (χ2n) is 4.90. The zero-order chi connectivity index (χ0) is 14.3. The van der Waals surface area contributed by atoms with E-state index in [4.69, 9.17) is 5.11 Å². The van der Waals surface area contributed by atoms with Crippen molar-refractivity contribution in [3.8, 4) is 0 Å². The Labute approximate surface area is 118 Å². The first-order valence-corrected chi connectivity index (χ1v) is 7.88. The van der Waals surface area contributed by atoms with Gasteiger partial charge in [0.25, 0.3) is 0 Å². The number of carboxylic acid groups (broad SMARTS) is 1. The third-order valence-electron chi connectivity index (χ3n) is 3.07. The molecule has 0 spiro atoms. The molecular formula is C12H23N3O3S. The van der Waals surface area contributed by atoms with Gasteiger partial charge in [-0.25, -0.2) is 4.79 Å². The molecule has 1 atom stereocenters. The molecule has 2 amide bonds. The van der Waals surface area contributed by atoms with Gasteiger partial charge in [-0.2, -0.15) is 11.8 Å². The number of piperazine rings is 1. The van der Waals surface area contributed by atoms with E-state index >= 15 is 0 Å². The zero-order valence-corrected chi connectivity index (χ0v) is 12.4. The van der Waals surface area contributed by atoms with Crippen LogP contribution >= 0.6 is 11.8 Å². The Kier molecular flexibility index (Phi) is 7.01. The van der Waals surface area contributed by atoms with Crippen LogP contribution in [0.2, 0.25) is 0 Å². The molecular weight excluding hydrogens is 266 g/mol. The van der Waals surface area contributed by atoms with Crippen molar-refractivity contribution in [1.29, 1.82) is 0 Å². The Morgan fingerprint density at radius 2 is 1.95 bits per heavy atom. The molecule has 1 saturated heterocycles. The van der Waals surface area contributed by atoms with E-state index in [9.17, 15) is 9.59 Å². The molecule has 0 aromatic rings. The van der Waals surface area contributed by atoms with Gasteiger partial charge in [0.05, 0.1) is 6.54 Å². The van der Waals surface area contributed by atoms with Crippen molar-refractivity contribution in [2.24, 2.45) is 5.92 Å². The number of nitrogens with zero attached hydrogens (tertiary/aromatic N) is 2. The number of nitrogens with one attached hydrogen (secondary N) is 1.